The van der Waals surface area contributed by atoms with Crippen LogP contribution >= 0.6 is 0 Å². The lowest BCUT2D eigenvalue weighted by molar-refractivity contribution is 0.577. The maximum Gasteiger partial charge on any atom is 0.153 e. The quantitative estimate of drug-likeness (QED) is 0.639. The van der Waals surface area contributed by atoms with Gasteiger partial charge in [-0.05, 0) is 19.1 Å². The Kier molecular flexibility index (Phi) is 1.47. The van der Waals surface area contributed by atoms with Crippen LogP contribution in [0.25, 0.3) is 17.2 Å². The molecule has 0 amide bonds. The van der Waals surface area contributed by atoms with Crippen LogP contribution in [-0.2, 0) is 0 Å². The molecule has 2 aromatic rings. The minimum Gasteiger partial charge on any atom is -0.459 e. The maximum atomic E-state index is 5.46. The molecule has 0 aliphatic carbocycles. The smallest absolute Gasteiger partial charge is 0.153 e. The third-order valence-corrected chi connectivity index (χ3v) is 1.87. The molecule has 0 saturated heterocycles. The molecule has 0 aromatic carbocycles. The molecule has 0 atom stereocenters. The number of fused-ring (bicyclic) bond motifs is 1. The van der Waals surface area contributed by atoms with E-state index in [2.05, 4.69) is 11.6 Å². The summed E-state index contributed by atoms with van der Waals surface area (Å²) in [7, 11) is 0. The molecule has 0 N–H and O–H groups in total. The summed E-state index contributed by atoms with van der Waals surface area (Å²) in [5.41, 5.74) is 2.71. The Morgan fingerprint density at radius 1 is 1.58 bits per heavy atom. The molecular formula is C10H9NO. The van der Waals surface area contributed by atoms with Gasteiger partial charge in [0.15, 0.2) is 5.58 Å². The van der Waals surface area contributed by atoms with Crippen LogP contribution in [0, 0.1) is 6.92 Å². The molecule has 0 radical (unpaired) electrons. The number of pyridine rings is 1. The van der Waals surface area contributed by atoms with E-state index in [0.717, 1.165) is 22.4 Å². The third kappa shape index (κ3) is 0.848. The summed E-state index contributed by atoms with van der Waals surface area (Å²) in [6.45, 7) is 5.63. The fraction of sp³-hybridized carbons (Fsp3) is 0.100. The Morgan fingerprint density at radius 2 is 2.42 bits per heavy atom. The van der Waals surface area contributed by atoms with Gasteiger partial charge in [-0.2, -0.15) is 0 Å². The van der Waals surface area contributed by atoms with Crippen LogP contribution in [-0.4, -0.2) is 4.98 Å². The van der Waals surface area contributed by atoms with Gasteiger partial charge in [0.25, 0.3) is 0 Å². The van der Waals surface area contributed by atoms with Gasteiger partial charge >= 0.3 is 0 Å². The van der Waals surface area contributed by atoms with Crippen molar-refractivity contribution in [1.29, 1.82) is 0 Å². The summed E-state index contributed by atoms with van der Waals surface area (Å²) in [5, 5.41) is 0. The molecule has 0 spiro atoms. The Balaban J connectivity index is 2.90. The minimum atomic E-state index is 0.824. The molecule has 2 rings (SSSR count). The van der Waals surface area contributed by atoms with E-state index < -0.39 is 0 Å². The van der Waals surface area contributed by atoms with E-state index in [1.807, 2.05) is 19.1 Å². The Bertz CT molecular complexity index is 428. The first-order chi connectivity index (χ1) is 5.83. The van der Waals surface area contributed by atoms with E-state index in [9.17, 15) is 0 Å². The number of aryl methyl sites for hydroxylation is 1. The maximum absolute atomic E-state index is 5.46. The molecule has 0 saturated carbocycles. The normalized spacial score (nSPS) is 10.4. The Morgan fingerprint density at radius 3 is 3.17 bits per heavy atom. The lowest BCUT2D eigenvalue weighted by Crippen LogP contribution is -1.74. The van der Waals surface area contributed by atoms with Crippen LogP contribution in [0.15, 0.2) is 29.3 Å². The number of rotatable bonds is 1. The van der Waals surface area contributed by atoms with E-state index in [-0.39, 0.29) is 0 Å². The van der Waals surface area contributed by atoms with Gasteiger partial charge < -0.3 is 4.42 Å². The fourth-order valence-electron chi connectivity index (χ4n) is 1.30. The molecule has 0 unspecified atom stereocenters. The van der Waals surface area contributed by atoms with Gasteiger partial charge in [0.05, 0.1) is 0 Å². The molecule has 0 aliphatic heterocycles. The Hall–Kier alpha value is -1.57. The summed E-state index contributed by atoms with van der Waals surface area (Å²) < 4.78 is 5.46. The van der Waals surface area contributed by atoms with E-state index in [1.165, 1.54) is 0 Å². The van der Waals surface area contributed by atoms with E-state index >= 15 is 0 Å². The molecule has 2 heteroatoms. The van der Waals surface area contributed by atoms with Crippen molar-refractivity contribution in [2.45, 2.75) is 6.92 Å². The van der Waals surface area contributed by atoms with E-state index in [4.69, 9.17) is 4.42 Å². The summed E-state index contributed by atoms with van der Waals surface area (Å²) in [6, 6.07) is 3.76. The number of nitrogens with zero attached hydrogens (tertiary/aromatic N) is 1. The van der Waals surface area contributed by atoms with Gasteiger partial charge in [-0.1, -0.05) is 12.7 Å². The summed E-state index contributed by atoms with van der Waals surface area (Å²) in [5.74, 6) is 0.874. The molecule has 0 fully saturated rings. The average Bonchev–Trinajstić information content (AvgIpc) is 2.40. The summed E-state index contributed by atoms with van der Waals surface area (Å²) >= 11 is 0. The van der Waals surface area contributed by atoms with Crippen molar-refractivity contribution in [2.75, 3.05) is 0 Å². The van der Waals surface area contributed by atoms with E-state index in [0.29, 0.717) is 0 Å². The highest BCUT2D eigenvalue weighted by molar-refractivity contribution is 5.84. The molecular weight excluding hydrogens is 150 g/mol. The highest BCUT2D eigenvalue weighted by Gasteiger charge is 2.07. The van der Waals surface area contributed by atoms with Crippen molar-refractivity contribution in [3.63, 3.8) is 0 Å². The van der Waals surface area contributed by atoms with Crippen molar-refractivity contribution >= 4 is 17.2 Å². The standard InChI is InChI=1S/C10H9NO/c1-3-8-7(2)12-9-5-4-6-11-10(8)9/h3-6H,1H2,2H3. The fourth-order valence-corrected chi connectivity index (χ4v) is 1.30. The molecule has 2 aromatic heterocycles. The predicted molar refractivity (Wildman–Crippen MR) is 48.8 cm³/mol. The third-order valence-electron chi connectivity index (χ3n) is 1.87. The predicted octanol–water partition coefficient (Wildman–Crippen LogP) is 2.78. The van der Waals surface area contributed by atoms with Gasteiger partial charge in [-0.3, -0.25) is 4.98 Å². The van der Waals surface area contributed by atoms with Gasteiger partial charge in [0, 0.05) is 11.8 Å². The molecule has 60 valence electrons. The molecule has 0 aliphatic rings. The minimum absolute atomic E-state index is 0.824. The number of aromatic nitrogens is 1. The van der Waals surface area contributed by atoms with Crippen LogP contribution in [0.4, 0.5) is 0 Å². The van der Waals surface area contributed by atoms with Gasteiger partial charge in [-0.25, -0.2) is 0 Å². The van der Waals surface area contributed by atoms with Gasteiger partial charge in [0.1, 0.15) is 11.3 Å². The average molecular weight is 159 g/mol. The Labute approximate surface area is 70.5 Å². The topological polar surface area (TPSA) is 26.0 Å². The number of furan rings is 1. The highest BCUT2D eigenvalue weighted by Crippen LogP contribution is 2.23. The zero-order chi connectivity index (χ0) is 8.55. The van der Waals surface area contributed by atoms with Crippen molar-refractivity contribution < 1.29 is 4.42 Å². The van der Waals surface area contributed by atoms with Crippen LogP contribution < -0.4 is 0 Å². The first-order valence-corrected chi connectivity index (χ1v) is 3.79. The second-order valence-corrected chi connectivity index (χ2v) is 2.63. The van der Waals surface area contributed by atoms with Crippen molar-refractivity contribution in [3.05, 3.63) is 36.2 Å². The molecule has 2 heterocycles. The number of hydrogen-bond donors (Lipinski definition) is 0. The lowest BCUT2D eigenvalue weighted by atomic mass is 10.2. The van der Waals surface area contributed by atoms with Crippen molar-refractivity contribution in [2.24, 2.45) is 0 Å². The zero-order valence-corrected chi connectivity index (χ0v) is 6.87. The highest BCUT2D eigenvalue weighted by atomic mass is 16.3. The van der Waals surface area contributed by atoms with Crippen molar-refractivity contribution in [1.82, 2.24) is 4.98 Å². The largest absolute Gasteiger partial charge is 0.459 e. The summed E-state index contributed by atoms with van der Waals surface area (Å²) in [6.07, 6.45) is 3.53. The first-order valence-electron chi connectivity index (χ1n) is 3.79. The second kappa shape index (κ2) is 2.48. The molecule has 12 heavy (non-hydrogen) atoms. The SMILES string of the molecule is C=Cc1c(C)oc2cccnc12. The first kappa shape index (κ1) is 7.10. The zero-order valence-electron chi connectivity index (χ0n) is 6.87. The van der Waals surface area contributed by atoms with Crippen LogP contribution in [0.2, 0.25) is 0 Å². The molecule has 0 bridgehead atoms. The van der Waals surface area contributed by atoms with E-state index in [1.54, 1.807) is 12.3 Å². The van der Waals surface area contributed by atoms with Crippen LogP contribution in [0.1, 0.15) is 11.3 Å². The lowest BCUT2D eigenvalue weighted by Gasteiger charge is -1.86. The van der Waals surface area contributed by atoms with Gasteiger partial charge in [-0.15, -0.1) is 0 Å². The van der Waals surface area contributed by atoms with Crippen LogP contribution in [0.5, 0.6) is 0 Å². The summed E-state index contributed by atoms with van der Waals surface area (Å²) in [4.78, 5) is 4.21. The molecule has 2 nitrogen and oxygen atoms in total. The van der Waals surface area contributed by atoms with Crippen molar-refractivity contribution in [3.8, 4) is 0 Å². The van der Waals surface area contributed by atoms with Gasteiger partial charge in [0.2, 0.25) is 0 Å². The number of hydrogen-bond acceptors (Lipinski definition) is 2. The monoisotopic (exact) mass is 159 g/mol. The van der Waals surface area contributed by atoms with Crippen LogP contribution in [0.3, 0.4) is 0 Å². The second-order valence-electron chi connectivity index (χ2n) is 2.63.